The van der Waals surface area contributed by atoms with Crippen molar-refractivity contribution in [3.63, 3.8) is 0 Å². The molecule has 7 nitrogen and oxygen atoms in total. The molecule has 108 valence electrons. The van der Waals surface area contributed by atoms with Crippen LogP contribution >= 0.6 is 0 Å². The summed E-state index contributed by atoms with van der Waals surface area (Å²) in [5.41, 5.74) is 0. The lowest BCUT2D eigenvalue weighted by molar-refractivity contribution is -0.122. The van der Waals surface area contributed by atoms with Crippen molar-refractivity contribution >= 4 is 17.6 Å². The van der Waals surface area contributed by atoms with Crippen LogP contribution in [-0.4, -0.2) is 26.7 Å². The molecule has 1 aliphatic carbocycles. The zero-order valence-electron chi connectivity index (χ0n) is 11.3. The Morgan fingerprint density at radius 3 is 2.14 bits per heavy atom. The Morgan fingerprint density at radius 2 is 1.52 bits per heavy atom. The first-order valence-electron chi connectivity index (χ1n) is 7.11. The molecule has 7 heteroatoms. The van der Waals surface area contributed by atoms with Gasteiger partial charge in [-0.15, -0.1) is 0 Å². The number of aromatic nitrogens is 3. The van der Waals surface area contributed by atoms with Crippen LogP contribution in [0.3, 0.4) is 0 Å². The van der Waals surface area contributed by atoms with Gasteiger partial charge in [-0.25, -0.2) is 9.53 Å². The number of carbonyl (C=O) groups is 2. The fourth-order valence-electron chi connectivity index (χ4n) is 3.33. The molecule has 0 N–H and O–H groups in total. The van der Waals surface area contributed by atoms with Gasteiger partial charge in [-0.2, -0.15) is 0 Å². The highest BCUT2D eigenvalue weighted by molar-refractivity contribution is 6.22. The fourth-order valence-corrected chi connectivity index (χ4v) is 3.33. The van der Waals surface area contributed by atoms with Gasteiger partial charge >= 0.3 is 0 Å². The molecule has 3 heterocycles. The molecule has 0 aromatic carbocycles. The third-order valence-corrected chi connectivity index (χ3v) is 4.36. The average molecular weight is 286 g/mol. The highest BCUT2D eigenvalue weighted by Crippen LogP contribution is 2.40. The van der Waals surface area contributed by atoms with Crippen LogP contribution < -0.4 is 4.90 Å². The number of anilines is 1. The molecule has 2 aromatic rings. The lowest BCUT2D eigenvalue weighted by atomic mass is 9.81. The first-order chi connectivity index (χ1) is 10.3. The van der Waals surface area contributed by atoms with Crippen molar-refractivity contribution in [2.45, 2.75) is 25.7 Å². The van der Waals surface area contributed by atoms with Crippen LogP contribution in [0, 0.1) is 11.8 Å². The molecule has 1 saturated carbocycles. The minimum atomic E-state index is -0.208. The molecule has 0 bridgehead atoms. The molecule has 2 aromatic heterocycles. The Morgan fingerprint density at radius 1 is 0.952 bits per heavy atom. The Balaban J connectivity index is 1.76. The van der Waals surface area contributed by atoms with Gasteiger partial charge in [0.2, 0.25) is 23.5 Å². The summed E-state index contributed by atoms with van der Waals surface area (Å²) in [7, 11) is 0. The van der Waals surface area contributed by atoms with E-state index >= 15 is 0 Å². The standard InChI is InChI=1S/C14H14N4O3/c19-13-9-5-1-2-6-10(9)14(20)18(13)12-11(15-21-16-12)17-7-3-4-8-17/h3-4,7-10H,1-2,5-6H2/t9-,10-/m0/s1. The minimum Gasteiger partial charge on any atom is -0.303 e. The van der Waals surface area contributed by atoms with Crippen LogP contribution in [0.4, 0.5) is 5.82 Å². The third-order valence-electron chi connectivity index (χ3n) is 4.36. The first kappa shape index (κ1) is 12.3. The van der Waals surface area contributed by atoms with Gasteiger partial charge in [0.1, 0.15) is 0 Å². The number of amides is 2. The number of fused-ring (bicyclic) bond motifs is 1. The molecule has 1 saturated heterocycles. The highest BCUT2D eigenvalue weighted by atomic mass is 16.6. The summed E-state index contributed by atoms with van der Waals surface area (Å²) in [5, 5.41) is 7.61. The number of carbonyl (C=O) groups excluding carboxylic acids is 2. The molecular weight excluding hydrogens is 272 g/mol. The van der Waals surface area contributed by atoms with Crippen LogP contribution in [0.25, 0.3) is 5.82 Å². The Hall–Kier alpha value is -2.44. The summed E-state index contributed by atoms with van der Waals surface area (Å²) < 4.78 is 6.44. The molecule has 1 aliphatic heterocycles. The van der Waals surface area contributed by atoms with Gasteiger partial charge < -0.3 is 4.57 Å². The van der Waals surface area contributed by atoms with Crippen LogP contribution in [-0.2, 0) is 9.59 Å². The normalized spacial score (nSPS) is 25.4. The zero-order valence-corrected chi connectivity index (χ0v) is 11.3. The maximum absolute atomic E-state index is 12.6. The van der Waals surface area contributed by atoms with E-state index in [2.05, 4.69) is 10.3 Å². The third kappa shape index (κ3) is 1.73. The van der Waals surface area contributed by atoms with Gasteiger partial charge in [0.25, 0.3) is 0 Å². The van der Waals surface area contributed by atoms with E-state index in [4.69, 9.17) is 4.63 Å². The van der Waals surface area contributed by atoms with Crippen LogP contribution in [0.1, 0.15) is 25.7 Å². The lowest BCUT2D eigenvalue weighted by Gasteiger charge is -2.19. The Bertz CT molecular complexity index is 667. The van der Waals surface area contributed by atoms with Crippen molar-refractivity contribution in [1.82, 2.24) is 14.9 Å². The largest absolute Gasteiger partial charge is 0.303 e. The average Bonchev–Trinajstić information content (AvgIpc) is 3.21. The van der Waals surface area contributed by atoms with Crippen molar-refractivity contribution in [3.05, 3.63) is 24.5 Å². The summed E-state index contributed by atoms with van der Waals surface area (Å²) in [6.07, 6.45) is 7.07. The predicted octanol–water partition coefficient (Wildman–Crippen LogP) is 1.54. The molecule has 2 amide bonds. The second kappa shape index (κ2) is 4.54. The Kier molecular flexibility index (Phi) is 2.66. The van der Waals surface area contributed by atoms with E-state index in [0.717, 1.165) is 30.6 Å². The van der Waals surface area contributed by atoms with Gasteiger partial charge in [-0.1, -0.05) is 12.8 Å². The van der Waals surface area contributed by atoms with Gasteiger partial charge in [0.05, 0.1) is 11.8 Å². The molecule has 2 atom stereocenters. The maximum Gasteiger partial charge on any atom is 0.239 e. The van der Waals surface area contributed by atoms with Crippen LogP contribution in [0.5, 0.6) is 0 Å². The molecule has 2 aliphatic rings. The summed E-state index contributed by atoms with van der Waals surface area (Å²) in [6, 6.07) is 3.65. The molecule has 21 heavy (non-hydrogen) atoms. The second-order valence-electron chi connectivity index (χ2n) is 5.51. The molecule has 0 unspecified atom stereocenters. The second-order valence-corrected chi connectivity index (χ2v) is 5.51. The maximum atomic E-state index is 12.6. The van der Waals surface area contributed by atoms with E-state index in [9.17, 15) is 9.59 Å². The molecule has 0 spiro atoms. The number of nitrogens with zero attached hydrogens (tertiary/aromatic N) is 4. The quantitative estimate of drug-likeness (QED) is 0.782. The van der Waals surface area contributed by atoms with Gasteiger partial charge in [0.15, 0.2) is 0 Å². The van der Waals surface area contributed by atoms with Crippen molar-refractivity contribution in [1.29, 1.82) is 0 Å². The zero-order chi connectivity index (χ0) is 14.4. The van der Waals surface area contributed by atoms with E-state index in [1.54, 1.807) is 17.0 Å². The summed E-state index contributed by atoms with van der Waals surface area (Å²) in [4.78, 5) is 26.3. The first-order valence-corrected chi connectivity index (χ1v) is 7.11. The van der Waals surface area contributed by atoms with E-state index in [-0.39, 0.29) is 29.5 Å². The van der Waals surface area contributed by atoms with Crippen molar-refractivity contribution in [2.24, 2.45) is 11.8 Å². The van der Waals surface area contributed by atoms with E-state index in [0.29, 0.717) is 5.82 Å². The van der Waals surface area contributed by atoms with Gasteiger partial charge in [-0.3, -0.25) is 9.59 Å². The molecule has 0 radical (unpaired) electrons. The summed E-state index contributed by atoms with van der Waals surface area (Å²) in [5.74, 6) is -0.209. The highest BCUT2D eigenvalue weighted by Gasteiger charge is 2.50. The monoisotopic (exact) mass is 286 g/mol. The number of hydrogen-bond acceptors (Lipinski definition) is 5. The number of hydrogen-bond donors (Lipinski definition) is 0. The van der Waals surface area contributed by atoms with Crippen molar-refractivity contribution in [3.8, 4) is 5.82 Å². The minimum absolute atomic E-state index is 0.172. The fraction of sp³-hybridized carbons (Fsp3) is 0.429. The molecule has 2 fully saturated rings. The van der Waals surface area contributed by atoms with Crippen LogP contribution in [0.2, 0.25) is 0 Å². The predicted molar refractivity (Wildman–Crippen MR) is 71.6 cm³/mol. The topological polar surface area (TPSA) is 81.2 Å². The molecule has 4 rings (SSSR count). The van der Waals surface area contributed by atoms with E-state index in [1.165, 1.54) is 0 Å². The van der Waals surface area contributed by atoms with Gasteiger partial charge in [0, 0.05) is 12.4 Å². The van der Waals surface area contributed by atoms with Crippen molar-refractivity contribution in [2.75, 3.05) is 4.90 Å². The van der Waals surface area contributed by atoms with Gasteiger partial charge in [-0.05, 0) is 35.3 Å². The SMILES string of the molecule is O=C1[C@H]2CCCC[C@@H]2C(=O)N1c1nonc1-n1cccc1. The van der Waals surface area contributed by atoms with Crippen LogP contribution in [0.15, 0.2) is 29.2 Å². The summed E-state index contributed by atoms with van der Waals surface area (Å²) in [6.45, 7) is 0. The smallest absolute Gasteiger partial charge is 0.239 e. The summed E-state index contributed by atoms with van der Waals surface area (Å²) >= 11 is 0. The number of rotatable bonds is 2. The molecular formula is C14H14N4O3. The van der Waals surface area contributed by atoms with E-state index < -0.39 is 0 Å². The van der Waals surface area contributed by atoms with Crippen molar-refractivity contribution < 1.29 is 14.2 Å². The van der Waals surface area contributed by atoms with E-state index in [1.807, 2.05) is 12.1 Å². The lowest BCUT2D eigenvalue weighted by Crippen LogP contribution is -2.32. The Labute approximate surface area is 120 Å². The number of imide groups is 1.